The molecule has 126 valence electrons. The third kappa shape index (κ3) is 5.38. The SMILES string of the molecule is CCNS(=O)(=O)c1ccc(N/C(=C/C(=O)OC)C(=O)OC)cc1. The van der Waals surface area contributed by atoms with Crippen molar-refractivity contribution in [2.45, 2.75) is 11.8 Å². The van der Waals surface area contributed by atoms with Crippen LogP contribution in [0.5, 0.6) is 0 Å². The summed E-state index contributed by atoms with van der Waals surface area (Å²) in [5.74, 6) is -1.50. The van der Waals surface area contributed by atoms with Crippen LogP contribution in [0.3, 0.4) is 0 Å². The molecule has 0 amide bonds. The van der Waals surface area contributed by atoms with E-state index in [1.807, 2.05) is 0 Å². The van der Waals surface area contributed by atoms with E-state index in [2.05, 4.69) is 19.5 Å². The predicted molar refractivity (Wildman–Crippen MR) is 83.0 cm³/mol. The molecule has 0 spiro atoms. The molecule has 0 atom stereocenters. The minimum absolute atomic E-state index is 0.0847. The molecule has 9 heteroatoms. The first kappa shape index (κ1) is 18.7. The second-order valence-electron chi connectivity index (χ2n) is 4.22. The molecule has 23 heavy (non-hydrogen) atoms. The summed E-state index contributed by atoms with van der Waals surface area (Å²) in [5.41, 5.74) is 0.266. The summed E-state index contributed by atoms with van der Waals surface area (Å²) in [7, 11) is -1.22. The molecule has 0 unspecified atom stereocenters. The Balaban J connectivity index is 3.01. The molecule has 0 aliphatic heterocycles. The fourth-order valence-electron chi connectivity index (χ4n) is 1.58. The fourth-order valence-corrected chi connectivity index (χ4v) is 2.62. The molecule has 0 saturated heterocycles. The first-order valence-corrected chi connectivity index (χ1v) is 8.07. The molecule has 0 bridgehead atoms. The highest BCUT2D eigenvalue weighted by Crippen LogP contribution is 2.16. The van der Waals surface area contributed by atoms with Gasteiger partial charge in [0, 0.05) is 12.2 Å². The summed E-state index contributed by atoms with van der Waals surface area (Å²) >= 11 is 0. The summed E-state index contributed by atoms with van der Waals surface area (Å²) in [6, 6.07) is 5.65. The Bertz CT molecular complexity index is 694. The van der Waals surface area contributed by atoms with E-state index in [1.165, 1.54) is 38.5 Å². The Morgan fingerprint density at radius 1 is 1.13 bits per heavy atom. The zero-order valence-electron chi connectivity index (χ0n) is 13.0. The molecule has 1 aromatic rings. The van der Waals surface area contributed by atoms with Crippen molar-refractivity contribution in [3.05, 3.63) is 36.0 Å². The molecule has 0 saturated carbocycles. The molecular formula is C14H18N2O6S. The van der Waals surface area contributed by atoms with Gasteiger partial charge >= 0.3 is 11.9 Å². The smallest absolute Gasteiger partial charge is 0.354 e. The normalized spacial score (nSPS) is 11.7. The van der Waals surface area contributed by atoms with Crippen molar-refractivity contribution in [1.29, 1.82) is 0 Å². The summed E-state index contributed by atoms with van der Waals surface area (Å²) < 4.78 is 35.0. The summed E-state index contributed by atoms with van der Waals surface area (Å²) in [6.07, 6.45) is 0.940. The number of esters is 2. The van der Waals surface area contributed by atoms with Crippen molar-refractivity contribution in [3.8, 4) is 0 Å². The van der Waals surface area contributed by atoms with Crippen LogP contribution in [0, 0.1) is 0 Å². The number of sulfonamides is 1. The second kappa shape index (κ2) is 8.30. The zero-order chi connectivity index (χ0) is 17.5. The number of hydrogen-bond donors (Lipinski definition) is 2. The lowest BCUT2D eigenvalue weighted by atomic mass is 10.3. The molecule has 1 rings (SSSR count). The van der Waals surface area contributed by atoms with Gasteiger partial charge in [-0.2, -0.15) is 0 Å². The van der Waals surface area contributed by atoms with Crippen molar-refractivity contribution in [2.75, 3.05) is 26.1 Å². The molecule has 8 nitrogen and oxygen atoms in total. The number of hydrogen-bond acceptors (Lipinski definition) is 7. The lowest BCUT2D eigenvalue weighted by Gasteiger charge is -2.10. The Hall–Kier alpha value is -2.39. The van der Waals surface area contributed by atoms with Crippen LogP contribution in [0.1, 0.15) is 6.92 Å². The van der Waals surface area contributed by atoms with Crippen LogP contribution >= 0.6 is 0 Å². The van der Waals surface area contributed by atoms with Gasteiger partial charge < -0.3 is 14.8 Å². The summed E-state index contributed by atoms with van der Waals surface area (Å²) in [4.78, 5) is 23.0. The zero-order valence-corrected chi connectivity index (χ0v) is 13.8. The van der Waals surface area contributed by atoms with Gasteiger partial charge in [0.1, 0.15) is 5.70 Å². The van der Waals surface area contributed by atoms with E-state index in [9.17, 15) is 18.0 Å². The highest BCUT2D eigenvalue weighted by Gasteiger charge is 2.15. The van der Waals surface area contributed by atoms with E-state index >= 15 is 0 Å². The van der Waals surface area contributed by atoms with Gasteiger partial charge in [0.05, 0.1) is 25.2 Å². The minimum atomic E-state index is -3.56. The van der Waals surface area contributed by atoms with Crippen molar-refractivity contribution < 1.29 is 27.5 Å². The van der Waals surface area contributed by atoms with Crippen LogP contribution in [0.25, 0.3) is 0 Å². The fraction of sp³-hybridized carbons (Fsp3) is 0.286. The third-order valence-electron chi connectivity index (χ3n) is 2.65. The van der Waals surface area contributed by atoms with E-state index in [4.69, 9.17) is 0 Å². The summed E-state index contributed by atoms with van der Waals surface area (Å²) in [5, 5.41) is 2.68. The maximum absolute atomic E-state index is 11.8. The molecule has 0 aliphatic rings. The molecule has 0 aliphatic carbocycles. The lowest BCUT2D eigenvalue weighted by Crippen LogP contribution is -2.23. The molecular weight excluding hydrogens is 324 g/mol. The lowest BCUT2D eigenvalue weighted by molar-refractivity contribution is -0.138. The molecule has 0 fully saturated rings. The third-order valence-corrected chi connectivity index (χ3v) is 4.21. The molecule has 0 aromatic heterocycles. The first-order valence-electron chi connectivity index (χ1n) is 6.58. The Kier molecular flexibility index (Phi) is 6.73. The van der Waals surface area contributed by atoms with Crippen LogP contribution in [-0.4, -0.2) is 41.1 Å². The van der Waals surface area contributed by atoms with Crippen LogP contribution < -0.4 is 10.0 Å². The van der Waals surface area contributed by atoms with Crippen molar-refractivity contribution in [1.82, 2.24) is 4.72 Å². The van der Waals surface area contributed by atoms with Crippen molar-refractivity contribution in [2.24, 2.45) is 0 Å². The van der Waals surface area contributed by atoms with E-state index < -0.39 is 22.0 Å². The minimum Gasteiger partial charge on any atom is -0.466 e. The average molecular weight is 342 g/mol. The van der Waals surface area contributed by atoms with E-state index in [0.29, 0.717) is 5.69 Å². The number of carbonyl (C=O) groups excluding carboxylic acids is 2. The van der Waals surface area contributed by atoms with E-state index in [0.717, 1.165) is 6.08 Å². The number of anilines is 1. The van der Waals surface area contributed by atoms with Gasteiger partial charge in [0.25, 0.3) is 0 Å². The van der Waals surface area contributed by atoms with E-state index in [1.54, 1.807) is 6.92 Å². The Labute approximate surface area is 134 Å². The first-order chi connectivity index (χ1) is 10.8. The maximum atomic E-state index is 11.8. The van der Waals surface area contributed by atoms with Gasteiger partial charge in [0.2, 0.25) is 10.0 Å². The van der Waals surface area contributed by atoms with Crippen LogP contribution in [0.2, 0.25) is 0 Å². The highest BCUT2D eigenvalue weighted by molar-refractivity contribution is 7.89. The van der Waals surface area contributed by atoms with Crippen molar-refractivity contribution in [3.63, 3.8) is 0 Å². The number of methoxy groups -OCH3 is 2. The average Bonchev–Trinajstić information content (AvgIpc) is 2.53. The van der Waals surface area contributed by atoms with Crippen LogP contribution in [-0.2, 0) is 29.1 Å². The van der Waals surface area contributed by atoms with Crippen LogP contribution in [0.4, 0.5) is 5.69 Å². The highest BCUT2D eigenvalue weighted by atomic mass is 32.2. The molecule has 2 N–H and O–H groups in total. The number of nitrogens with one attached hydrogen (secondary N) is 2. The Morgan fingerprint density at radius 2 is 1.74 bits per heavy atom. The maximum Gasteiger partial charge on any atom is 0.354 e. The van der Waals surface area contributed by atoms with Gasteiger partial charge in [-0.1, -0.05) is 6.92 Å². The number of rotatable bonds is 7. The van der Waals surface area contributed by atoms with E-state index in [-0.39, 0.29) is 17.1 Å². The van der Waals surface area contributed by atoms with Gasteiger partial charge in [0.15, 0.2) is 0 Å². The predicted octanol–water partition coefficient (Wildman–Crippen LogP) is 0.627. The largest absolute Gasteiger partial charge is 0.466 e. The van der Waals surface area contributed by atoms with Crippen molar-refractivity contribution >= 4 is 27.6 Å². The van der Waals surface area contributed by atoms with Crippen LogP contribution in [0.15, 0.2) is 40.9 Å². The number of carbonyl (C=O) groups is 2. The number of ether oxygens (including phenoxy) is 2. The standard InChI is InChI=1S/C14H18N2O6S/c1-4-15-23(19,20)11-7-5-10(6-8-11)16-12(14(18)22-3)9-13(17)21-2/h5-9,15-16H,4H2,1-3H3/b12-9+. The molecule has 0 radical (unpaired) electrons. The number of benzene rings is 1. The van der Waals surface area contributed by atoms with Gasteiger partial charge in [-0.05, 0) is 24.3 Å². The quantitative estimate of drug-likeness (QED) is 0.552. The summed E-state index contributed by atoms with van der Waals surface area (Å²) in [6.45, 7) is 1.95. The molecule has 1 aromatic carbocycles. The van der Waals surface area contributed by atoms with Gasteiger partial charge in [-0.3, -0.25) is 0 Å². The Morgan fingerprint density at radius 3 is 2.22 bits per heavy atom. The second-order valence-corrected chi connectivity index (χ2v) is 5.99. The van der Waals surface area contributed by atoms with Gasteiger partial charge in [-0.15, -0.1) is 0 Å². The monoisotopic (exact) mass is 342 g/mol. The molecule has 0 heterocycles. The topological polar surface area (TPSA) is 111 Å². The van der Waals surface area contributed by atoms with Gasteiger partial charge in [-0.25, -0.2) is 22.7 Å².